The van der Waals surface area contributed by atoms with E-state index in [0.29, 0.717) is 6.04 Å². The first-order valence-corrected chi connectivity index (χ1v) is 7.05. The van der Waals surface area contributed by atoms with Crippen LogP contribution in [-0.4, -0.2) is 42.8 Å². The molecule has 2 heterocycles. The van der Waals surface area contributed by atoms with E-state index in [1.165, 1.54) is 11.4 Å². The lowest BCUT2D eigenvalue weighted by Gasteiger charge is -2.28. The van der Waals surface area contributed by atoms with E-state index in [1.807, 2.05) is 0 Å². The first-order valence-electron chi connectivity index (χ1n) is 7.05. The van der Waals surface area contributed by atoms with E-state index >= 15 is 0 Å². The summed E-state index contributed by atoms with van der Waals surface area (Å²) in [6, 6.07) is 0.481. The standard InChI is InChI=1S/C14H26N4O/c1-14(2,4-5-19-3)9-15-7-11-6-12-13(8-16-11)18-10-17-12/h10-11,15-16H,4-9H2,1-3H3,(H,17,18). The van der Waals surface area contributed by atoms with E-state index in [9.17, 15) is 0 Å². The first-order chi connectivity index (χ1) is 9.11. The van der Waals surface area contributed by atoms with E-state index < -0.39 is 0 Å². The van der Waals surface area contributed by atoms with Crippen LogP contribution in [0.4, 0.5) is 0 Å². The van der Waals surface area contributed by atoms with Crippen LogP contribution in [0.1, 0.15) is 31.7 Å². The number of aromatic nitrogens is 2. The normalized spacial score (nSPS) is 19.4. The highest BCUT2D eigenvalue weighted by atomic mass is 16.5. The van der Waals surface area contributed by atoms with Crippen molar-refractivity contribution in [3.05, 3.63) is 17.7 Å². The Hall–Kier alpha value is -0.910. The molecule has 0 saturated carbocycles. The van der Waals surface area contributed by atoms with Crippen LogP contribution in [0.2, 0.25) is 0 Å². The molecule has 108 valence electrons. The van der Waals surface area contributed by atoms with Gasteiger partial charge in [0.2, 0.25) is 0 Å². The molecule has 1 atom stereocenters. The minimum absolute atomic E-state index is 0.280. The summed E-state index contributed by atoms with van der Waals surface area (Å²) in [6.07, 6.45) is 3.87. The van der Waals surface area contributed by atoms with Crippen LogP contribution in [0.3, 0.4) is 0 Å². The fourth-order valence-electron chi connectivity index (χ4n) is 2.43. The lowest BCUT2D eigenvalue weighted by molar-refractivity contribution is 0.150. The predicted octanol–water partition coefficient (Wildman–Crippen LogP) is 1.08. The maximum Gasteiger partial charge on any atom is 0.0925 e. The molecule has 1 aromatic heterocycles. The fourth-order valence-corrected chi connectivity index (χ4v) is 2.43. The third-order valence-electron chi connectivity index (χ3n) is 3.79. The number of hydrogen-bond donors (Lipinski definition) is 3. The van der Waals surface area contributed by atoms with Crippen LogP contribution in [-0.2, 0) is 17.7 Å². The lowest BCUT2D eigenvalue weighted by Crippen LogP contribution is -2.45. The molecular formula is C14H26N4O. The number of ether oxygens (including phenoxy) is 1. The zero-order valence-corrected chi connectivity index (χ0v) is 12.3. The largest absolute Gasteiger partial charge is 0.385 e. The molecule has 0 radical (unpaired) electrons. The Balaban J connectivity index is 1.69. The zero-order valence-electron chi connectivity index (χ0n) is 12.3. The summed E-state index contributed by atoms with van der Waals surface area (Å²) in [6.45, 7) is 8.28. The van der Waals surface area contributed by atoms with Gasteiger partial charge in [-0.15, -0.1) is 0 Å². The molecule has 1 aliphatic rings. The molecule has 19 heavy (non-hydrogen) atoms. The highest BCUT2D eigenvalue weighted by Crippen LogP contribution is 2.19. The molecular weight excluding hydrogens is 240 g/mol. The summed E-state index contributed by atoms with van der Waals surface area (Å²) in [4.78, 5) is 7.54. The lowest BCUT2D eigenvalue weighted by atomic mass is 9.89. The number of imidazole rings is 1. The van der Waals surface area contributed by atoms with Gasteiger partial charge in [0.05, 0.1) is 17.7 Å². The van der Waals surface area contributed by atoms with Crippen molar-refractivity contribution < 1.29 is 4.74 Å². The molecule has 3 N–H and O–H groups in total. The molecule has 1 aromatic rings. The molecule has 0 saturated heterocycles. The van der Waals surface area contributed by atoms with Crippen molar-refractivity contribution in [2.24, 2.45) is 5.41 Å². The highest BCUT2D eigenvalue weighted by Gasteiger charge is 2.21. The maximum atomic E-state index is 5.15. The summed E-state index contributed by atoms with van der Waals surface area (Å²) >= 11 is 0. The smallest absolute Gasteiger partial charge is 0.0925 e. The third kappa shape index (κ3) is 4.30. The van der Waals surface area contributed by atoms with Gasteiger partial charge in [-0.25, -0.2) is 4.98 Å². The molecule has 1 unspecified atom stereocenters. The summed E-state index contributed by atoms with van der Waals surface area (Å²) in [5.74, 6) is 0. The number of fused-ring (bicyclic) bond motifs is 1. The summed E-state index contributed by atoms with van der Waals surface area (Å²) in [5, 5.41) is 7.10. The van der Waals surface area contributed by atoms with Crippen molar-refractivity contribution in [3.63, 3.8) is 0 Å². The van der Waals surface area contributed by atoms with Crippen LogP contribution in [0.5, 0.6) is 0 Å². The molecule has 2 rings (SSSR count). The summed E-state index contributed by atoms with van der Waals surface area (Å²) < 4.78 is 5.15. The monoisotopic (exact) mass is 266 g/mol. The van der Waals surface area contributed by atoms with E-state index in [-0.39, 0.29) is 5.41 Å². The number of methoxy groups -OCH3 is 1. The highest BCUT2D eigenvalue weighted by molar-refractivity contribution is 5.15. The fraction of sp³-hybridized carbons (Fsp3) is 0.786. The third-order valence-corrected chi connectivity index (χ3v) is 3.79. The number of hydrogen-bond acceptors (Lipinski definition) is 4. The SMILES string of the molecule is COCCC(C)(C)CNCC1Cc2nc[nH]c2CN1. The second-order valence-corrected chi connectivity index (χ2v) is 6.15. The molecule has 5 nitrogen and oxygen atoms in total. The first kappa shape index (κ1) is 14.5. The van der Waals surface area contributed by atoms with Gasteiger partial charge in [0, 0.05) is 45.8 Å². The van der Waals surface area contributed by atoms with E-state index in [0.717, 1.165) is 39.1 Å². The average molecular weight is 266 g/mol. The van der Waals surface area contributed by atoms with Crippen LogP contribution < -0.4 is 10.6 Å². The van der Waals surface area contributed by atoms with Crippen molar-refractivity contribution in [2.45, 2.75) is 39.3 Å². The van der Waals surface area contributed by atoms with Gasteiger partial charge in [-0.2, -0.15) is 0 Å². The summed E-state index contributed by atoms with van der Waals surface area (Å²) in [5.41, 5.74) is 2.73. The molecule has 1 aliphatic heterocycles. The molecule has 0 bridgehead atoms. The molecule has 0 spiro atoms. The number of nitrogens with one attached hydrogen (secondary N) is 3. The topological polar surface area (TPSA) is 62.0 Å². The Morgan fingerprint density at radius 1 is 1.53 bits per heavy atom. The van der Waals surface area contributed by atoms with E-state index in [1.54, 1.807) is 13.4 Å². The van der Waals surface area contributed by atoms with Gasteiger partial charge in [-0.3, -0.25) is 0 Å². The Bertz CT molecular complexity index is 389. The van der Waals surface area contributed by atoms with Crippen molar-refractivity contribution in [1.29, 1.82) is 0 Å². The Morgan fingerprint density at radius 3 is 3.16 bits per heavy atom. The second-order valence-electron chi connectivity index (χ2n) is 6.15. The van der Waals surface area contributed by atoms with E-state index in [2.05, 4.69) is 34.4 Å². The quantitative estimate of drug-likeness (QED) is 0.691. The average Bonchev–Trinajstić information content (AvgIpc) is 2.83. The van der Waals surface area contributed by atoms with Gasteiger partial charge < -0.3 is 20.4 Å². The number of rotatable bonds is 7. The zero-order chi connectivity index (χ0) is 13.7. The molecule has 0 aliphatic carbocycles. The Kier molecular flexibility index (Phi) is 4.96. The van der Waals surface area contributed by atoms with Crippen molar-refractivity contribution in [1.82, 2.24) is 20.6 Å². The number of aromatic amines is 1. The second kappa shape index (κ2) is 6.50. The molecule has 5 heteroatoms. The van der Waals surface area contributed by atoms with Crippen molar-refractivity contribution >= 4 is 0 Å². The number of H-pyrrole nitrogens is 1. The van der Waals surface area contributed by atoms with Gasteiger partial charge in [0.25, 0.3) is 0 Å². The van der Waals surface area contributed by atoms with Crippen molar-refractivity contribution in [2.75, 3.05) is 26.8 Å². The molecule has 0 amide bonds. The molecule has 0 fully saturated rings. The Labute approximate surface area is 115 Å². The van der Waals surface area contributed by atoms with Crippen molar-refractivity contribution in [3.8, 4) is 0 Å². The van der Waals surface area contributed by atoms with Crippen LogP contribution in [0, 0.1) is 5.41 Å². The molecule has 0 aromatic carbocycles. The van der Waals surface area contributed by atoms with Crippen LogP contribution in [0.15, 0.2) is 6.33 Å². The number of nitrogens with zero attached hydrogens (tertiary/aromatic N) is 1. The van der Waals surface area contributed by atoms with Gasteiger partial charge in [0.1, 0.15) is 0 Å². The van der Waals surface area contributed by atoms with Gasteiger partial charge >= 0.3 is 0 Å². The van der Waals surface area contributed by atoms with Gasteiger partial charge in [-0.05, 0) is 11.8 Å². The van der Waals surface area contributed by atoms with E-state index in [4.69, 9.17) is 4.74 Å². The Morgan fingerprint density at radius 2 is 2.37 bits per heavy atom. The van der Waals surface area contributed by atoms with Gasteiger partial charge in [-0.1, -0.05) is 13.8 Å². The predicted molar refractivity (Wildman–Crippen MR) is 76.1 cm³/mol. The maximum absolute atomic E-state index is 5.15. The van der Waals surface area contributed by atoms with Gasteiger partial charge in [0.15, 0.2) is 0 Å². The van der Waals surface area contributed by atoms with Crippen LogP contribution >= 0.6 is 0 Å². The minimum Gasteiger partial charge on any atom is -0.385 e. The minimum atomic E-state index is 0.280. The summed E-state index contributed by atoms with van der Waals surface area (Å²) in [7, 11) is 1.76. The van der Waals surface area contributed by atoms with Crippen LogP contribution in [0.25, 0.3) is 0 Å².